The quantitative estimate of drug-likeness (QED) is 0.910. The fourth-order valence-corrected chi connectivity index (χ4v) is 1.81. The molecule has 0 spiro atoms. The molecule has 0 aliphatic rings. The summed E-state index contributed by atoms with van der Waals surface area (Å²) in [5, 5.41) is 3.43. The van der Waals surface area contributed by atoms with E-state index in [9.17, 15) is 4.39 Å². The molecule has 0 saturated heterocycles. The summed E-state index contributed by atoms with van der Waals surface area (Å²) in [6, 6.07) is 4.53. The van der Waals surface area contributed by atoms with Crippen molar-refractivity contribution in [3.8, 4) is 11.3 Å². The van der Waals surface area contributed by atoms with E-state index < -0.39 is 5.82 Å². The second kappa shape index (κ2) is 5.29. The maximum atomic E-state index is 13.7. The van der Waals surface area contributed by atoms with E-state index in [-0.39, 0.29) is 5.56 Å². The van der Waals surface area contributed by atoms with Crippen molar-refractivity contribution in [3.63, 3.8) is 0 Å². The van der Waals surface area contributed by atoms with Crippen LogP contribution in [-0.4, -0.2) is 11.5 Å². The minimum absolute atomic E-state index is 0.263. The first-order valence-electron chi connectivity index (χ1n) is 5.31. The molecule has 2 rings (SSSR count). The molecule has 2 aromatic rings. The fourth-order valence-electron chi connectivity index (χ4n) is 1.56. The standard InChI is InChI=1S/C12H12ClFN2O/c1-2-15-6-10-12(17-7-16-10)11-8(13)4-3-5-9(11)14/h3-5,7,15H,2,6H2,1H3. The van der Waals surface area contributed by atoms with Gasteiger partial charge in [-0.05, 0) is 18.7 Å². The highest BCUT2D eigenvalue weighted by molar-refractivity contribution is 6.33. The molecule has 0 bridgehead atoms. The first-order valence-corrected chi connectivity index (χ1v) is 5.69. The van der Waals surface area contributed by atoms with Gasteiger partial charge in [-0.15, -0.1) is 0 Å². The van der Waals surface area contributed by atoms with E-state index in [1.807, 2.05) is 6.92 Å². The topological polar surface area (TPSA) is 38.1 Å². The molecule has 1 heterocycles. The molecular formula is C12H12ClFN2O. The van der Waals surface area contributed by atoms with Gasteiger partial charge in [0.25, 0.3) is 0 Å². The Morgan fingerprint density at radius 3 is 3.00 bits per heavy atom. The van der Waals surface area contributed by atoms with Gasteiger partial charge in [0.05, 0.1) is 10.6 Å². The normalized spacial score (nSPS) is 10.8. The number of hydrogen-bond donors (Lipinski definition) is 1. The lowest BCUT2D eigenvalue weighted by atomic mass is 10.1. The Labute approximate surface area is 104 Å². The molecule has 0 amide bonds. The first kappa shape index (κ1) is 12.1. The molecule has 0 aliphatic carbocycles. The highest BCUT2D eigenvalue weighted by Gasteiger charge is 2.17. The van der Waals surface area contributed by atoms with Crippen LogP contribution in [0.1, 0.15) is 12.6 Å². The molecule has 0 fully saturated rings. The van der Waals surface area contributed by atoms with Crippen molar-refractivity contribution in [3.05, 3.63) is 41.1 Å². The van der Waals surface area contributed by atoms with Crippen LogP contribution in [0.3, 0.4) is 0 Å². The van der Waals surface area contributed by atoms with E-state index in [0.717, 1.165) is 6.54 Å². The fraction of sp³-hybridized carbons (Fsp3) is 0.250. The van der Waals surface area contributed by atoms with Crippen LogP contribution < -0.4 is 5.32 Å². The van der Waals surface area contributed by atoms with Crippen LogP contribution in [0.25, 0.3) is 11.3 Å². The summed E-state index contributed by atoms with van der Waals surface area (Å²) < 4.78 is 19.0. The Hall–Kier alpha value is -1.39. The van der Waals surface area contributed by atoms with E-state index in [1.165, 1.54) is 12.5 Å². The highest BCUT2D eigenvalue weighted by atomic mass is 35.5. The van der Waals surface area contributed by atoms with Crippen LogP contribution in [0.4, 0.5) is 4.39 Å². The molecule has 0 radical (unpaired) electrons. The molecule has 0 atom stereocenters. The minimum Gasteiger partial charge on any atom is -0.443 e. The Bertz CT molecular complexity index is 493. The lowest BCUT2D eigenvalue weighted by molar-refractivity contribution is 0.559. The van der Waals surface area contributed by atoms with Crippen LogP contribution in [0.5, 0.6) is 0 Å². The zero-order valence-corrected chi connectivity index (χ0v) is 10.1. The van der Waals surface area contributed by atoms with E-state index in [2.05, 4.69) is 10.3 Å². The van der Waals surface area contributed by atoms with Crippen molar-refractivity contribution in [2.45, 2.75) is 13.5 Å². The average molecular weight is 255 g/mol. The Kier molecular flexibility index (Phi) is 3.76. The van der Waals surface area contributed by atoms with Crippen LogP contribution in [0, 0.1) is 5.82 Å². The minimum atomic E-state index is -0.410. The number of nitrogens with zero attached hydrogens (tertiary/aromatic N) is 1. The van der Waals surface area contributed by atoms with Crippen LogP contribution >= 0.6 is 11.6 Å². The molecule has 17 heavy (non-hydrogen) atoms. The largest absolute Gasteiger partial charge is 0.443 e. The third-order valence-electron chi connectivity index (χ3n) is 2.37. The average Bonchev–Trinajstić information content (AvgIpc) is 2.74. The Morgan fingerprint density at radius 2 is 2.29 bits per heavy atom. The molecular weight excluding hydrogens is 243 g/mol. The van der Waals surface area contributed by atoms with E-state index in [0.29, 0.717) is 23.0 Å². The van der Waals surface area contributed by atoms with Crippen molar-refractivity contribution < 1.29 is 8.81 Å². The first-order chi connectivity index (χ1) is 8.24. The van der Waals surface area contributed by atoms with Gasteiger partial charge in [0, 0.05) is 6.54 Å². The van der Waals surface area contributed by atoms with Gasteiger partial charge in [-0.3, -0.25) is 0 Å². The van der Waals surface area contributed by atoms with Crippen molar-refractivity contribution in [1.29, 1.82) is 0 Å². The van der Waals surface area contributed by atoms with Gasteiger partial charge in [-0.2, -0.15) is 0 Å². The highest BCUT2D eigenvalue weighted by Crippen LogP contribution is 2.32. The molecule has 1 N–H and O–H groups in total. The number of rotatable bonds is 4. The molecule has 0 unspecified atom stereocenters. The second-order valence-electron chi connectivity index (χ2n) is 3.51. The second-order valence-corrected chi connectivity index (χ2v) is 3.91. The van der Waals surface area contributed by atoms with Crippen molar-refractivity contribution in [2.24, 2.45) is 0 Å². The van der Waals surface area contributed by atoms with Crippen molar-refractivity contribution in [2.75, 3.05) is 6.54 Å². The van der Waals surface area contributed by atoms with E-state index >= 15 is 0 Å². The molecule has 0 aliphatic heterocycles. The zero-order valence-electron chi connectivity index (χ0n) is 9.34. The van der Waals surface area contributed by atoms with Gasteiger partial charge in [-0.1, -0.05) is 24.6 Å². The maximum Gasteiger partial charge on any atom is 0.181 e. The maximum absolute atomic E-state index is 13.7. The van der Waals surface area contributed by atoms with Gasteiger partial charge in [0.1, 0.15) is 11.5 Å². The summed E-state index contributed by atoms with van der Waals surface area (Å²) in [5.41, 5.74) is 0.915. The third kappa shape index (κ3) is 2.48. The summed E-state index contributed by atoms with van der Waals surface area (Å²) in [5.74, 6) is -0.0268. The van der Waals surface area contributed by atoms with Gasteiger partial charge in [0.2, 0.25) is 0 Å². The van der Waals surface area contributed by atoms with Crippen molar-refractivity contribution >= 4 is 11.6 Å². The van der Waals surface area contributed by atoms with Crippen LogP contribution in [-0.2, 0) is 6.54 Å². The van der Waals surface area contributed by atoms with E-state index in [4.69, 9.17) is 16.0 Å². The van der Waals surface area contributed by atoms with Gasteiger partial charge in [0.15, 0.2) is 12.2 Å². The SMILES string of the molecule is CCNCc1ncoc1-c1c(F)cccc1Cl. The molecule has 3 nitrogen and oxygen atoms in total. The molecule has 90 valence electrons. The summed E-state index contributed by atoms with van der Waals surface area (Å²) in [6.07, 6.45) is 1.30. The number of aromatic nitrogens is 1. The predicted molar refractivity (Wildman–Crippen MR) is 64.3 cm³/mol. The summed E-state index contributed by atoms with van der Waals surface area (Å²) >= 11 is 5.98. The Balaban J connectivity index is 2.43. The van der Waals surface area contributed by atoms with Gasteiger partial charge >= 0.3 is 0 Å². The Morgan fingerprint density at radius 1 is 1.47 bits per heavy atom. The van der Waals surface area contributed by atoms with Crippen LogP contribution in [0.2, 0.25) is 5.02 Å². The summed E-state index contributed by atoms with van der Waals surface area (Å²) in [4.78, 5) is 4.06. The zero-order chi connectivity index (χ0) is 12.3. The number of halogens is 2. The number of hydrogen-bond acceptors (Lipinski definition) is 3. The molecule has 1 aromatic heterocycles. The molecule has 1 aromatic carbocycles. The third-order valence-corrected chi connectivity index (χ3v) is 2.69. The van der Waals surface area contributed by atoms with Crippen LogP contribution in [0.15, 0.2) is 29.0 Å². The lowest BCUT2D eigenvalue weighted by Crippen LogP contribution is -2.12. The van der Waals surface area contributed by atoms with Gasteiger partial charge in [-0.25, -0.2) is 9.37 Å². The van der Waals surface area contributed by atoms with E-state index in [1.54, 1.807) is 12.1 Å². The van der Waals surface area contributed by atoms with Gasteiger partial charge < -0.3 is 9.73 Å². The molecule has 0 saturated carbocycles. The summed E-state index contributed by atoms with van der Waals surface area (Å²) in [6.45, 7) is 3.31. The van der Waals surface area contributed by atoms with Crippen molar-refractivity contribution in [1.82, 2.24) is 10.3 Å². The summed E-state index contributed by atoms with van der Waals surface area (Å²) in [7, 11) is 0. The lowest BCUT2D eigenvalue weighted by Gasteiger charge is -2.05. The number of nitrogens with one attached hydrogen (secondary N) is 1. The predicted octanol–water partition coefficient (Wildman–Crippen LogP) is 3.24. The number of oxazole rings is 1. The monoisotopic (exact) mass is 254 g/mol. The molecule has 5 heteroatoms. The smallest absolute Gasteiger partial charge is 0.181 e. The number of benzene rings is 1.